The molecule has 0 radical (unpaired) electrons. The SMILES string of the molecule is Nc1c(O)c(Br)cc(F)c1F. The Morgan fingerprint density at radius 1 is 1.45 bits per heavy atom. The fourth-order valence-corrected chi connectivity index (χ4v) is 1.02. The summed E-state index contributed by atoms with van der Waals surface area (Å²) in [6.07, 6.45) is 0. The molecule has 1 rings (SSSR count). The van der Waals surface area contributed by atoms with Crippen molar-refractivity contribution in [3.05, 3.63) is 22.2 Å². The number of anilines is 1. The Balaban J connectivity index is 3.46. The monoisotopic (exact) mass is 223 g/mol. The van der Waals surface area contributed by atoms with Crippen molar-refractivity contribution in [2.45, 2.75) is 0 Å². The molecular weight excluding hydrogens is 220 g/mol. The van der Waals surface area contributed by atoms with Crippen molar-refractivity contribution < 1.29 is 13.9 Å². The average Bonchev–Trinajstić information content (AvgIpc) is 1.97. The molecule has 0 fully saturated rings. The van der Waals surface area contributed by atoms with Crippen LogP contribution >= 0.6 is 15.9 Å². The first-order chi connectivity index (χ1) is 5.04. The second kappa shape index (κ2) is 2.65. The van der Waals surface area contributed by atoms with E-state index in [0.717, 1.165) is 6.07 Å². The lowest BCUT2D eigenvalue weighted by molar-refractivity contribution is 0.456. The molecule has 5 heteroatoms. The number of phenols is 1. The van der Waals surface area contributed by atoms with E-state index in [1.54, 1.807) is 0 Å². The summed E-state index contributed by atoms with van der Waals surface area (Å²) in [5.74, 6) is -2.80. The zero-order valence-corrected chi connectivity index (χ0v) is 6.82. The normalized spacial score (nSPS) is 10.1. The van der Waals surface area contributed by atoms with E-state index in [9.17, 15) is 8.78 Å². The fourth-order valence-electron chi connectivity index (χ4n) is 0.604. The highest BCUT2D eigenvalue weighted by molar-refractivity contribution is 9.10. The summed E-state index contributed by atoms with van der Waals surface area (Å²) < 4.78 is 25.0. The molecule has 0 aromatic heterocycles. The van der Waals surface area contributed by atoms with Crippen LogP contribution in [0.5, 0.6) is 5.75 Å². The van der Waals surface area contributed by atoms with E-state index < -0.39 is 23.1 Å². The van der Waals surface area contributed by atoms with E-state index >= 15 is 0 Å². The van der Waals surface area contributed by atoms with Gasteiger partial charge < -0.3 is 10.8 Å². The summed E-state index contributed by atoms with van der Waals surface area (Å²) >= 11 is 2.79. The first kappa shape index (κ1) is 8.26. The number of phenolic OH excluding ortho intramolecular Hbond substituents is 1. The van der Waals surface area contributed by atoms with Crippen molar-refractivity contribution in [3.63, 3.8) is 0 Å². The quantitative estimate of drug-likeness (QED) is 0.402. The molecule has 1 aromatic rings. The summed E-state index contributed by atoms with van der Waals surface area (Å²) in [5, 5.41) is 8.93. The highest BCUT2D eigenvalue weighted by Gasteiger charge is 2.13. The van der Waals surface area contributed by atoms with Crippen LogP contribution in [-0.2, 0) is 0 Å². The third-order valence-electron chi connectivity index (χ3n) is 1.18. The first-order valence-electron chi connectivity index (χ1n) is 2.66. The van der Waals surface area contributed by atoms with Crippen LogP contribution in [-0.4, -0.2) is 5.11 Å². The number of aromatic hydroxyl groups is 1. The van der Waals surface area contributed by atoms with Crippen molar-refractivity contribution in [2.75, 3.05) is 5.73 Å². The number of rotatable bonds is 0. The van der Waals surface area contributed by atoms with Gasteiger partial charge in [0.2, 0.25) is 0 Å². The maximum atomic E-state index is 12.5. The van der Waals surface area contributed by atoms with Gasteiger partial charge in [0.1, 0.15) is 5.69 Å². The Morgan fingerprint density at radius 2 is 2.00 bits per heavy atom. The molecule has 0 spiro atoms. The summed E-state index contributed by atoms with van der Waals surface area (Å²) in [7, 11) is 0. The standard InChI is InChI=1S/C6H4BrF2NO/c7-2-1-3(8)4(9)5(10)6(2)11/h1,11H,10H2. The second-order valence-electron chi connectivity index (χ2n) is 1.92. The van der Waals surface area contributed by atoms with Gasteiger partial charge in [-0.15, -0.1) is 0 Å². The lowest BCUT2D eigenvalue weighted by Crippen LogP contribution is -1.95. The van der Waals surface area contributed by atoms with Gasteiger partial charge in [0.25, 0.3) is 0 Å². The Morgan fingerprint density at radius 3 is 2.55 bits per heavy atom. The minimum Gasteiger partial charge on any atom is -0.505 e. The molecule has 0 bridgehead atoms. The predicted molar refractivity (Wildman–Crippen MR) is 40.1 cm³/mol. The molecule has 0 unspecified atom stereocenters. The van der Waals surface area contributed by atoms with Crippen molar-refractivity contribution in [3.8, 4) is 5.75 Å². The molecular formula is C6H4BrF2NO. The molecule has 3 N–H and O–H groups in total. The van der Waals surface area contributed by atoms with Crippen LogP contribution < -0.4 is 5.73 Å². The third kappa shape index (κ3) is 1.28. The molecule has 0 amide bonds. The number of benzene rings is 1. The summed E-state index contributed by atoms with van der Waals surface area (Å²) in [4.78, 5) is 0. The van der Waals surface area contributed by atoms with E-state index in [0.29, 0.717) is 0 Å². The van der Waals surface area contributed by atoms with Gasteiger partial charge in [-0.2, -0.15) is 0 Å². The number of nitrogen functional groups attached to an aromatic ring is 1. The fraction of sp³-hybridized carbons (Fsp3) is 0. The number of nitrogens with two attached hydrogens (primary N) is 1. The molecule has 0 heterocycles. The van der Waals surface area contributed by atoms with E-state index in [-0.39, 0.29) is 4.47 Å². The van der Waals surface area contributed by atoms with Crippen LogP contribution in [0.15, 0.2) is 10.5 Å². The van der Waals surface area contributed by atoms with Crippen LogP contribution in [0.25, 0.3) is 0 Å². The van der Waals surface area contributed by atoms with E-state index in [1.165, 1.54) is 0 Å². The van der Waals surface area contributed by atoms with Gasteiger partial charge >= 0.3 is 0 Å². The Hall–Kier alpha value is -0.840. The predicted octanol–water partition coefficient (Wildman–Crippen LogP) is 2.02. The first-order valence-corrected chi connectivity index (χ1v) is 3.45. The van der Waals surface area contributed by atoms with Crippen LogP contribution in [0.2, 0.25) is 0 Å². The lowest BCUT2D eigenvalue weighted by Gasteiger charge is -2.02. The Labute approximate surface area is 69.8 Å². The number of hydrogen-bond acceptors (Lipinski definition) is 2. The van der Waals surface area contributed by atoms with Crippen LogP contribution in [0.1, 0.15) is 0 Å². The largest absolute Gasteiger partial charge is 0.505 e. The molecule has 2 nitrogen and oxygen atoms in total. The summed E-state index contributed by atoms with van der Waals surface area (Å²) in [6, 6.07) is 0.807. The van der Waals surface area contributed by atoms with Crippen molar-refractivity contribution in [1.82, 2.24) is 0 Å². The highest BCUT2D eigenvalue weighted by atomic mass is 79.9. The van der Waals surface area contributed by atoms with E-state index in [4.69, 9.17) is 10.8 Å². The zero-order chi connectivity index (χ0) is 8.59. The third-order valence-corrected chi connectivity index (χ3v) is 1.79. The van der Waals surface area contributed by atoms with E-state index in [1.807, 2.05) is 0 Å². The number of hydrogen-bond donors (Lipinski definition) is 2. The van der Waals surface area contributed by atoms with Gasteiger partial charge in [-0.05, 0) is 22.0 Å². The average molecular weight is 224 g/mol. The van der Waals surface area contributed by atoms with Gasteiger partial charge in [-0.3, -0.25) is 0 Å². The molecule has 0 aliphatic heterocycles. The van der Waals surface area contributed by atoms with Gasteiger partial charge in [-0.25, -0.2) is 8.78 Å². The smallest absolute Gasteiger partial charge is 0.185 e. The Bertz CT molecular complexity index is 277. The van der Waals surface area contributed by atoms with Gasteiger partial charge in [0.15, 0.2) is 17.4 Å². The minimum absolute atomic E-state index is 0.0360. The van der Waals surface area contributed by atoms with Crippen molar-refractivity contribution in [1.29, 1.82) is 0 Å². The molecule has 11 heavy (non-hydrogen) atoms. The van der Waals surface area contributed by atoms with E-state index in [2.05, 4.69) is 15.9 Å². The molecule has 0 saturated carbocycles. The second-order valence-corrected chi connectivity index (χ2v) is 2.77. The topological polar surface area (TPSA) is 46.2 Å². The van der Waals surface area contributed by atoms with Crippen LogP contribution in [0, 0.1) is 11.6 Å². The molecule has 60 valence electrons. The molecule has 0 aliphatic rings. The van der Waals surface area contributed by atoms with Gasteiger partial charge in [0.05, 0.1) is 4.47 Å². The maximum Gasteiger partial charge on any atom is 0.185 e. The lowest BCUT2D eigenvalue weighted by atomic mass is 10.3. The van der Waals surface area contributed by atoms with Crippen molar-refractivity contribution in [2.24, 2.45) is 0 Å². The zero-order valence-electron chi connectivity index (χ0n) is 5.24. The van der Waals surface area contributed by atoms with Crippen LogP contribution in [0.3, 0.4) is 0 Å². The van der Waals surface area contributed by atoms with Crippen molar-refractivity contribution >= 4 is 21.6 Å². The Kier molecular flexibility index (Phi) is 1.99. The minimum atomic E-state index is -1.23. The maximum absolute atomic E-state index is 12.5. The van der Waals surface area contributed by atoms with Gasteiger partial charge in [-0.1, -0.05) is 0 Å². The highest BCUT2D eigenvalue weighted by Crippen LogP contribution is 2.33. The molecule has 0 saturated heterocycles. The van der Waals surface area contributed by atoms with Crippen LogP contribution in [0.4, 0.5) is 14.5 Å². The summed E-state index contributed by atoms with van der Waals surface area (Å²) in [6.45, 7) is 0. The summed E-state index contributed by atoms with van der Waals surface area (Å²) in [5.41, 5.74) is 4.40. The van der Waals surface area contributed by atoms with Gasteiger partial charge in [0, 0.05) is 0 Å². The molecule has 1 aromatic carbocycles. The molecule has 0 atom stereocenters. The molecule has 0 aliphatic carbocycles. The number of halogens is 3.